The van der Waals surface area contributed by atoms with Crippen LogP contribution in [0.3, 0.4) is 0 Å². The molecule has 0 radical (unpaired) electrons. The van der Waals surface area contributed by atoms with Crippen LogP contribution in [0.4, 0.5) is 0 Å². The summed E-state index contributed by atoms with van der Waals surface area (Å²) in [7, 11) is 0. The summed E-state index contributed by atoms with van der Waals surface area (Å²) in [4.78, 5) is 0. The summed E-state index contributed by atoms with van der Waals surface area (Å²) in [6, 6.07) is 0.913. The van der Waals surface area contributed by atoms with E-state index in [1.807, 2.05) is 18.7 Å². The molecule has 1 fully saturated rings. The lowest BCUT2D eigenvalue weighted by Gasteiger charge is -2.15. The van der Waals surface area contributed by atoms with E-state index in [0.717, 1.165) is 0 Å². The van der Waals surface area contributed by atoms with Crippen LogP contribution in [0.2, 0.25) is 0 Å². The summed E-state index contributed by atoms with van der Waals surface area (Å²) < 4.78 is 0. The Hall–Kier alpha value is 0.270. The number of rotatable bonds is 3. The molecule has 1 saturated heterocycles. The Labute approximate surface area is 66.4 Å². The quantitative estimate of drug-likeness (QED) is 0.631. The molecule has 0 aromatic carbocycles. The molecule has 1 rings (SSSR count). The first kappa shape index (κ1) is 8.37. The van der Waals surface area contributed by atoms with Crippen molar-refractivity contribution in [1.29, 1.82) is 0 Å². The maximum Gasteiger partial charge on any atom is 0.0582 e. The average Bonchev–Trinajstić information content (AvgIpc) is 2.40. The van der Waals surface area contributed by atoms with Crippen molar-refractivity contribution in [3.8, 4) is 0 Å². The molecule has 0 saturated carbocycles. The molecular weight excluding hydrogens is 146 g/mol. The van der Waals surface area contributed by atoms with Crippen LogP contribution in [0.5, 0.6) is 0 Å². The molecule has 0 spiro atoms. The van der Waals surface area contributed by atoms with Gasteiger partial charge >= 0.3 is 0 Å². The van der Waals surface area contributed by atoms with E-state index in [0.29, 0.717) is 6.04 Å². The molecule has 1 unspecified atom stereocenters. The highest BCUT2D eigenvalue weighted by Gasteiger charge is 2.16. The number of hydrogen-bond donors (Lipinski definition) is 2. The molecular formula is C7H15NOS. The third kappa shape index (κ3) is 2.48. The minimum Gasteiger partial charge on any atom is -0.395 e. The second-order valence-electron chi connectivity index (χ2n) is 2.81. The van der Waals surface area contributed by atoms with Crippen molar-refractivity contribution >= 4 is 11.8 Å². The maximum atomic E-state index is 8.73. The third-order valence-electron chi connectivity index (χ3n) is 1.72. The molecule has 3 heteroatoms. The van der Waals surface area contributed by atoms with Gasteiger partial charge in [0.05, 0.1) is 6.61 Å². The molecule has 1 aliphatic rings. The van der Waals surface area contributed by atoms with Crippen LogP contribution in [0.15, 0.2) is 0 Å². The van der Waals surface area contributed by atoms with Crippen molar-refractivity contribution in [3.05, 3.63) is 0 Å². The highest BCUT2D eigenvalue weighted by molar-refractivity contribution is 7.99. The van der Waals surface area contributed by atoms with E-state index in [-0.39, 0.29) is 12.6 Å². The Morgan fingerprint density at radius 2 is 2.60 bits per heavy atom. The van der Waals surface area contributed by atoms with E-state index in [4.69, 9.17) is 5.11 Å². The predicted octanol–water partition coefficient (Wildman–Crippen LogP) is 0.462. The van der Waals surface area contributed by atoms with Gasteiger partial charge in [0.25, 0.3) is 0 Å². The van der Waals surface area contributed by atoms with Gasteiger partial charge < -0.3 is 10.4 Å². The van der Waals surface area contributed by atoms with E-state index >= 15 is 0 Å². The van der Waals surface area contributed by atoms with Gasteiger partial charge in [-0.25, -0.2) is 0 Å². The molecule has 2 nitrogen and oxygen atoms in total. The summed E-state index contributed by atoms with van der Waals surface area (Å²) in [6.07, 6.45) is 1.26. The lowest BCUT2D eigenvalue weighted by Crippen LogP contribution is -2.38. The van der Waals surface area contributed by atoms with E-state index < -0.39 is 0 Å². The smallest absolute Gasteiger partial charge is 0.0582 e. The van der Waals surface area contributed by atoms with Gasteiger partial charge in [0.2, 0.25) is 0 Å². The highest BCUT2D eigenvalue weighted by Crippen LogP contribution is 2.17. The average molecular weight is 161 g/mol. The van der Waals surface area contributed by atoms with Crippen molar-refractivity contribution in [2.24, 2.45) is 0 Å². The second-order valence-corrected chi connectivity index (χ2v) is 3.96. The van der Waals surface area contributed by atoms with E-state index in [9.17, 15) is 0 Å². The standard InChI is InChI=1S/C7H15NOS/c1-6(4-9)8-7-2-3-10-5-7/h6-9H,2-5H2,1H3/t6-,7?/m1/s1. The fourth-order valence-electron chi connectivity index (χ4n) is 1.12. The first-order valence-corrected chi connectivity index (χ1v) is 4.93. The Balaban J connectivity index is 2.11. The summed E-state index contributed by atoms with van der Waals surface area (Å²) >= 11 is 1.99. The van der Waals surface area contributed by atoms with Crippen molar-refractivity contribution in [3.63, 3.8) is 0 Å². The van der Waals surface area contributed by atoms with Crippen LogP contribution in [0.1, 0.15) is 13.3 Å². The van der Waals surface area contributed by atoms with Crippen molar-refractivity contribution in [2.75, 3.05) is 18.1 Å². The topological polar surface area (TPSA) is 32.3 Å². The van der Waals surface area contributed by atoms with Crippen LogP contribution in [0.25, 0.3) is 0 Å². The van der Waals surface area contributed by atoms with E-state index in [1.54, 1.807) is 0 Å². The van der Waals surface area contributed by atoms with Crippen molar-refractivity contribution in [2.45, 2.75) is 25.4 Å². The van der Waals surface area contributed by atoms with Crippen LogP contribution >= 0.6 is 11.8 Å². The van der Waals surface area contributed by atoms with Crippen molar-refractivity contribution in [1.82, 2.24) is 5.32 Å². The van der Waals surface area contributed by atoms with Crippen LogP contribution in [-0.4, -0.2) is 35.3 Å². The maximum absolute atomic E-state index is 8.73. The molecule has 0 aliphatic carbocycles. The summed E-state index contributed by atoms with van der Waals surface area (Å²) in [5, 5.41) is 12.1. The Morgan fingerprint density at radius 1 is 1.80 bits per heavy atom. The monoisotopic (exact) mass is 161 g/mol. The molecule has 0 aromatic rings. The van der Waals surface area contributed by atoms with Gasteiger partial charge in [-0.1, -0.05) is 0 Å². The molecule has 2 atom stereocenters. The van der Waals surface area contributed by atoms with Gasteiger partial charge in [0.1, 0.15) is 0 Å². The number of aliphatic hydroxyl groups is 1. The van der Waals surface area contributed by atoms with Crippen LogP contribution in [0, 0.1) is 0 Å². The molecule has 0 amide bonds. The zero-order valence-electron chi connectivity index (χ0n) is 6.34. The molecule has 10 heavy (non-hydrogen) atoms. The first-order valence-electron chi connectivity index (χ1n) is 3.77. The van der Waals surface area contributed by atoms with Crippen LogP contribution in [-0.2, 0) is 0 Å². The lowest BCUT2D eigenvalue weighted by molar-refractivity contribution is 0.243. The van der Waals surface area contributed by atoms with Gasteiger partial charge in [0.15, 0.2) is 0 Å². The van der Waals surface area contributed by atoms with Gasteiger partial charge in [-0.2, -0.15) is 11.8 Å². The molecule has 1 heterocycles. The zero-order valence-corrected chi connectivity index (χ0v) is 7.16. The van der Waals surface area contributed by atoms with Gasteiger partial charge in [-0.3, -0.25) is 0 Å². The fraction of sp³-hybridized carbons (Fsp3) is 1.00. The molecule has 0 bridgehead atoms. The van der Waals surface area contributed by atoms with Crippen molar-refractivity contribution < 1.29 is 5.11 Å². The highest BCUT2D eigenvalue weighted by atomic mass is 32.2. The van der Waals surface area contributed by atoms with Gasteiger partial charge in [-0.15, -0.1) is 0 Å². The SMILES string of the molecule is C[C@H](CO)NC1CCSC1. The number of hydrogen-bond acceptors (Lipinski definition) is 3. The number of thioether (sulfide) groups is 1. The van der Waals surface area contributed by atoms with Gasteiger partial charge in [0, 0.05) is 17.8 Å². The minimum atomic E-state index is 0.251. The largest absolute Gasteiger partial charge is 0.395 e. The predicted molar refractivity (Wildman–Crippen MR) is 45.4 cm³/mol. The molecule has 0 aromatic heterocycles. The van der Waals surface area contributed by atoms with Crippen LogP contribution < -0.4 is 5.32 Å². The summed E-state index contributed by atoms with van der Waals surface area (Å²) in [5.74, 6) is 2.49. The van der Waals surface area contributed by atoms with E-state index in [1.165, 1.54) is 17.9 Å². The molecule has 1 aliphatic heterocycles. The number of nitrogens with one attached hydrogen (secondary N) is 1. The number of aliphatic hydroxyl groups excluding tert-OH is 1. The Bertz CT molecular complexity index is 93.6. The van der Waals surface area contributed by atoms with E-state index in [2.05, 4.69) is 5.32 Å². The molecule has 2 N–H and O–H groups in total. The molecule has 60 valence electrons. The summed E-state index contributed by atoms with van der Waals surface area (Å²) in [6.45, 7) is 2.27. The fourth-order valence-corrected chi connectivity index (χ4v) is 2.29. The second kappa shape index (κ2) is 4.21. The Morgan fingerprint density at radius 3 is 3.10 bits per heavy atom. The minimum absolute atomic E-state index is 0.251. The Kier molecular flexibility index (Phi) is 3.52. The first-order chi connectivity index (χ1) is 4.83. The third-order valence-corrected chi connectivity index (χ3v) is 2.89. The zero-order chi connectivity index (χ0) is 7.40. The summed E-state index contributed by atoms with van der Waals surface area (Å²) in [5.41, 5.74) is 0. The lowest BCUT2D eigenvalue weighted by atomic mass is 10.2. The van der Waals surface area contributed by atoms with Gasteiger partial charge in [-0.05, 0) is 19.1 Å². The normalized spacial score (nSPS) is 28.8.